The predicted molar refractivity (Wildman–Crippen MR) is 103 cm³/mol. The molecule has 0 amide bonds. The monoisotopic (exact) mass is 337 g/mol. The summed E-state index contributed by atoms with van der Waals surface area (Å²) in [5.41, 5.74) is 3.94. The van der Waals surface area contributed by atoms with Crippen molar-refractivity contribution < 1.29 is 0 Å². The van der Waals surface area contributed by atoms with Crippen LogP contribution in [-0.2, 0) is 12.8 Å². The van der Waals surface area contributed by atoms with Crippen LogP contribution >= 0.6 is 0 Å². The van der Waals surface area contributed by atoms with Crippen molar-refractivity contribution in [2.75, 3.05) is 23.7 Å². The maximum Gasteiger partial charge on any atom is 0.229 e. The lowest BCUT2D eigenvalue weighted by Crippen LogP contribution is -2.22. The Bertz CT molecular complexity index is 709. The van der Waals surface area contributed by atoms with Crippen molar-refractivity contribution in [3.63, 3.8) is 0 Å². The summed E-state index contributed by atoms with van der Waals surface area (Å²) in [5, 5.41) is 10.4. The van der Waals surface area contributed by atoms with Gasteiger partial charge in [-0.15, -0.1) is 0 Å². The molecule has 0 saturated heterocycles. The highest BCUT2D eigenvalue weighted by atomic mass is 15.1. The van der Waals surface area contributed by atoms with Crippen molar-refractivity contribution in [1.82, 2.24) is 15.3 Å². The van der Waals surface area contributed by atoms with E-state index in [1.54, 1.807) is 0 Å². The molecular formula is C20H27N5. The number of anilines is 3. The van der Waals surface area contributed by atoms with E-state index in [9.17, 15) is 0 Å². The van der Waals surface area contributed by atoms with Gasteiger partial charge < -0.3 is 16.0 Å². The molecule has 4 rings (SSSR count). The molecule has 3 N–H and O–H groups in total. The van der Waals surface area contributed by atoms with E-state index in [0.29, 0.717) is 12.0 Å². The first-order chi connectivity index (χ1) is 12.4. The summed E-state index contributed by atoms with van der Waals surface area (Å²) in [6.07, 6.45) is 10.5. The molecule has 1 fully saturated rings. The summed E-state index contributed by atoms with van der Waals surface area (Å²) < 4.78 is 0. The number of nitrogens with zero attached hydrogens (tertiary/aromatic N) is 2. The maximum absolute atomic E-state index is 4.65. The number of hydrogen-bond donors (Lipinski definition) is 3. The highest BCUT2D eigenvalue weighted by molar-refractivity contribution is 5.57. The molecule has 1 saturated carbocycles. The molecule has 0 radical (unpaired) electrons. The first kappa shape index (κ1) is 16.3. The second kappa shape index (κ2) is 7.83. The minimum Gasteiger partial charge on any atom is -0.367 e. The van der Waals surface area contributed by atoms with Gasteiger partial charge in [0.15, 0.2) is 0 Å². The minimum atomic E-state index is 0.552. The SMILES string of the molecule is c1cc(NC2CCCCC2)nc(Nc2ccc3c(c2)CCNCC3)n1. The highest BCUT2D eigenvalue weighted by Crippen LogP contribution is 2.23. The Morgan fingerprint density at radius 2 is 1.80 bits per heavy atom. The molecule has 1 aliphatic carbocycles. The van der Waals surface area contributed by atoms with Crippen LogP contribution in [0.5, 0.6) is 0 Å². The first-order valence-electron chi connectivity index (χ1n) is 9.56. The Morgan fingerprint density at radius 1 is 0.960 bits per heavy atom. The molecule has 25 heavy (non-hydrogen) atoms. The fourth-order valence-electron chi connectivity index (χ4n) is 3.84. The van der Waals surface area contributed by atoms with E-state index in [1.807, 2.05) is 12.3 Å². The molecule has 2 aromatic rings. The molecule has 2 heterocycles. The lowest BCUT2D eigenvalue weighted by molar-refractivity contribution is 0.462. The largest absolute Gasteiger partial charge is 0.367 e. The third-order valence-electron chi connectivity index (χ3n) is 5.22. The van der Waals surface area contributed by atoms with Crippen molar-refractivity contribution in [3.8, 4) is 0 Å². The Kier molecular flexibility index (Phi) is 5.11. The molecule has 1 aliphatic heterocycles. The van der Waals surface area contributed by atoms with E-state index in [0.717, 1.165) is 37.4 Å². The van der Waals surface area contributed by atoms with E-state index in [-0.39, 0.29) is 0 Å². The van der Waals surface area contributed by atoms with Crippen molar-refractivity contribution in [1.29, 1.82) is 0 Å². The maximum atomic E-state index is 4.65. The average molecular weight is 337 g/mol. The van der Waals surface area contributed by atoms with Crippen LogP contribution in [0.15, 0.2) is 30.5 Å². The van der Waals surface area contributed by atoms with E-state index in [4.69, 9.17) is 0 Å². The number of nitrogens with one attached hydrogen (secondary N) is 3. The Labute approximate surface area is 149 Å². The van der Waals surface area contributed by atoms with Crippen LogP contribution in [0.3, 0.4) is 0 Å². The Hall–Kier alpha value is -2.14. The van der Waals surface area contributed by atoms with Gasteiger partial charge in [0.25, 0.3) is 0 Å². The van der Waals surface area contributed by atoms with Crippen LogP contribution in [0.1, 0.15) is 43.2 Å². The molecule has 5 nitrogen and oxygen atoms in total. The first-order valence-corrected chi connectivity index (χ1v) is 9.56. The lowest BCUT2D eigenvalue weighted by atomic mass is 9.95. The van der Waals surface area contributed by atoms with E-state index < -0.39 is 0 Å². The van der Waals surface area contributed by atoms with Crippen LogP contribution in [0.4, 0.5) is 17.5 Å². The van der Waals surface area contributed by atoms with Crippen LogP contribution in [0.25, 0.3) is 0 Å². The molecule has 0 atom stereocenters. The summed E-state index contributed by atoms with van der Waals surface area (Å²) in [6, 6.07) is 9.12. The number of rotatable bonds is 4. The lowest BCUT2D eigenvalue weighted by Gasteiger charge is -2.23. The number of aromatic nitrogens is 2. The van der Waals surface area contributed by atoms with Gasteiger partial charge in [-0.25, -0.2) is 4.98 Å². The number of benzene rings is 1. The van der Waals surface area contributed by atoms with Gasteiger partial charge >= 0.3 is 0 Å². The molecule has 132 valence electrons. The fourth-order valence-corrected chi connectivity index (χ4v) is 3.84. The Morgan fingerprint density at radius 3 is 2.68 bits per heavy atom. The van der Waals surface area contributed by atoms with Gasteiger partial charge in [-0.1, -0.05) is 25.3 Å². The van der Waals surface area contributed by atoms with E-state index in [2.05, 4.69) is 44.1 Å². The van der Waals surface area contributed by atoms with Crippen LogP contribution in [-0.4, -0.2) is 29.1 Å². The summed E-state index contributed by atoms with van der Waals surface area (Å²) >= 11 is 0. The zero-order valence-corrected chi connectivity index (χ0v) is 14.7. The van der Waals surface area contributed by atoms with Crippen LogP contribution < -0.4 is 16.0 Å². The molecule has 1 aromatic carbocycles. The topological polar surface area (TPSA) is 61.9 Å². The third-order valence-corrected chi connectivity index (χ3v) is 5.22. The molecule has 0 bridgehead atoms. The van der Waals surface area contributed by atoms with E-state index >= 15 is 0 Å². The standard InChI is InChI=1S/C20H27N5/c1-2-4-17(5-3-1)23-19-10-13-22-20(25-19)24-18-7-6-15-8-11-21-12-9-16(15)14-18/h6-7,10,13-14,17,21H,1-5,8-9,11-12H2,(H2,22,23,24,25). The highest BCUT2D eigenvalue weighted by Gasteiger charge is 2.14. The van der Waals surface area contributed by atoms with Crippen molar-refractivity contribution in [2.45, 2.75) is 51.0 Å². The van der Waals surface area contributed by atoms with Crippen LogP contribution in [0, 0.1) is 0 Å². The molecule has 0 spiro atoms. The van der Waals surface area contributed by atoms with Gasteiger partial charge in [0.2, 0.25) is 5.95 Å². The predicted octanol–water partition coefficient (Wildman–Crippen LogP) is 3.65. The molecule has 5 heteroatoms. The summed E-state index contributed by atoms with van der Waals surface area (Å²) in [6.45, 7) is 2.12. The van der Waals surface area contributed by atoms with Gasteiger partial charge in [-0.2, -0.15) is 4.98 Å². The normalized spacial score (nSPS) is 18.2. The van der Waals surface area contributed by atoms with Gasteiger partial charge in [0.05, 0.1) is 0 Å². The van der Waals surface area contributed by atoms with E-state index in [1.165, 1.54) is 43.2 Å². The van der Waals surface area contributed by atoms with Crippen molar-refractivity contribution >= 4 is 17.5 Å². The second-order valence-electron chi connectivity index (χ2n) is 7.10. The van der Waals surface area contributed by atoms with Gasteiger partial charge in [-0.3, -0.25) is 0 Å². The fraction of sp³-hybridized carbons (Fsp3) is 0.500. The molecule has 2 aliphatic rings. The molecular weight excluding hydrogens is 310 g/mol. The second-order valence-corrected chi connectivity index (χ2v) is 7.10. The molecule has 0 unspecified atom stereocenters. The van der Waals surface area contributed by atoms with Crippen molar-refractivity contribution in [2.24, 2.45) is 0 Å². The third kappa shape index (κ3) is 4.28. The summed E-state index contributed by atoms with van der Waals surface area (Å²) in [7, 11) is 0. The van der Waals surface area contributed by atoms with Gasteiger partial charge in [0.1, 0.15) is 5.82 Å². The van der Waals surface area contributed by atoms with Crippen molar-refractivity contribution in [3.05, 3.63) is 41.6 Å². The van der Waals surface area contributed by atoms with Gasteiger partial charge in [-0.05, 0) is 68.1 Å². The number of fused-ring (bicyclic) bond motifs is 1. The quantitative estimate of drug-likeness (QED) is 0.795. The zero-order valence-electron chi connectivity index (χ0n) is 14.7. The van der Waals surface area contributed by atoms with Gasteiger partial charge in [0, 0.05) is 17.9 Å². The van der Waals surface area contributed by atoms with Crippen LogP contribution in [0.2, 0.25) is 0 Å². The average Bonchev–Trinajstić information content (AvgIpc) is 2.88. The smallest absolute Gasteiger partial charge is 0.229 e. The number of hydrogen-bond acceptors (Lipinski definition) is 5. The minimum absolute atomic E-state index is 0.552. The summed E-state index contributed by atoms with van der Waals surface area (Å²) in [4.78, 5) is 9.03. The zero-order chi connectivity index (χ0) is 16.9. The molecule has 1 aromatic heterocycles. The Balaban J connectivity index is 1.45. The summed E-state index contributed by atoms with van der Waals surface area (Å²) in [5.74, 6) is 1.58.